The third-order valence-corrected chi connectivity index (χ3v) is 3.41. The molecule has 1 heterocycles. The largest absolute Gasteiger partial charge is 0.313 e. The molecule has 0 amide bonds. The van der Waals surface area contributed by atoms with Gasteiger partial charge in [0.05, 0.1) is 4.92 Å². The Labute approximate surface area is 121 Å². The van der Waals surface area contributed by atoms with Crippen LogP contribution in [0, 0.1) is 22.5 Å². The summed E-state index contributed by atoms with van der Waals surface area (Å²) in [5.41, 5.74) is 1.59. The van der Waals surface area contributed by atoms with Crippen LogP contribution in [0.5, 0.6) is 0 Å². The van der Waals surface area contributed by atoms with E-state index < -0.39 is 0 Å². The molecule has 0 fully saturated rings. The average molecular weight is 279 g/mol. The predicted molar refractivity (Wildman–Crippen MR) is 80.9 cm³/mol. The van der Waals surface area contributed by atoms with E-state index >= 15 is 0 Å². The SMILES string of the molecule is CCCNC(Cc1ccc([N+](=O)[O-])c(C)n1)C(C)(C)C. The topological polar surface area (TPSA) is 68.1 Å². The fourth-order valence-electron chi connectivity index (χ4n) is 2.12. The second-order valence-electron chi connectivity index (χ2n) is 6.24. The van der Waals surface area contributed by atoms with Crippen molar-refractivity contribution in [1.29, 1.82) is 0 Å². The normalized spacial score (nSPS) is 13.2. The van der Waals surface area contributed by atoms with E-state index in [1.807, 2.05) is 0 Å². The molecule has 1 rings (SSSR count). The fraction of sp³-hybridized carbons (Fsp3) is 0.667. The molecule has 1 atom stereocenters. The Morgan fingerprint density at radius 1 is 1.40 bits per heavy atom. The van der Waals surface area contributed by atoms with Gasteiger partial charge in [-0.2, -0.15) is 0 Å². The van der Waals surface area contributed by atoms with Crippen LogP contribution in [-0.4, -0.2) is 22.5 Å². The molecule has 0 spiro atoms. The number of nitrogens with zero attached hydrogens (tertiary/aromatic N) is 2. The van der Waals surface area contributed by atoms with Crippen LogP contribution < -0.4 is 5.32 Å². The summed E-state index contributed by atoms with van der Waals surface area (Å²) in [4.78, 5) is 14.8. The zero-order valence-electron chi connectivity index (χ0n) is 13.1. The van der Waals surface area contributed by atoms with Crippen LogP contribution in [0.25, 0.3) is 0 Å². The predicted octanol–water partition coefficient (Wildman–Crippen LogP) is 3.26. The Morgan fingerprint density at radius 3 is 2.50 bits per heavy atom. The molecule has 1 aromatic rings. The summed E-state index contributed by atoms with van der Waals surface area (Å²) < 4.78 is 0. The van der Waals surface area contributed by atoms with Crippen LogP contribution in [0.15, 0.2) is 12.1 Å². The highest BCUT2D eigenvalue weighted by molar-refractivity contribution is 5.35. The van der Waals surface area contributed by atoms with E-state index in [4.69, 9.17) is 0 Å². The molecule has 112 valence electrons. The zero-order valence-corrected chi connectivity index (χ0v) is 13.1. The molecule has 0 saturated carbocycles. The van der Waals surface area contributed by atoms with Gasteiger partial charge in [0.25, 0.3) is 5.69 Å². The van der Waals surface area contributed by atoms with E-state index in [-0.39, 0.29) is 16.0 Å². The molecule has 0 bridgehead atoms. The lowest BCUT2D eigenvalue weighted by Crippen LogP contribution is -2.42. The second-order valence-corrected chi connectivity index (χ2v) is 6.24. The second kappa shape index (κ2) is 6.79. The minimum atomic E-state index is -0.386. The smallest absolute Gasteiger partial charge is 0.290 e. The molecule has 0 saturated heterocycles. The van der Waals surface area contributed by atoms with E-state index in [0.29, 0.717) is 11.7 Å². The maximum absolute atomic E-state index is 10.8. The minimum Gasteiger partial charge on any atom is -0.313 e. The van der Waals surface area contributed by atoms with Crippen molar-refractivity contribution in [2.75, 3.05) is 6.54 Å². The van der Waals surface area contributed by atoms with Crippen molar-refractivity contribution in [3.63, 3.8) is 0 Å². The van der Waals surface area contributed by atoms with Gasteiger partial charge in [-0.1, -0.05) is 27.7 Å². The standard InChI is InChI=1S/C15H25N3O2/c1-6-9-16-14(15(3,4)5)10-12-7-8-13(18(19)20)11(2)17-12/h7-8,14,16H,6,9-10H2,1-5H3. The number of hydrogen-bond acceptors (Lipinski definition) is 4. The molecule has 0 aliphatic rings. The Hall–Kier alpha value is -1.49. The van der Waals surface area contributed by atoms with Gasteiger partial charge in [0.15, 0.2) is 0 Å². The molecular weight excluding hydrogens is 254 g/mol. The third-order valence-electron chi connectivity index (χ3n) is 3.41. The van der Waals surface area contributed by atoms with Gasteiger partial charge in [0.2, 0.25) is 0 Å². The van der Waals surface area contributed by atoms with Crippen molar-refractivity contribution in [1.82, 2.24) is 10.3 Å². The first kappa shape index (κ1) is 16.6. The molecule has 1 N–H and O–H groups in total. The van der Waals surface area contributed by atoms with Crippen molar-refractivity contribution in [2.45, 2.75) is 53.5 Å². The van der Waals surface area contributed by atoms with E-state index in [1.54, 1.807) is 19.1 Å². The molecule has 5 heteroatoms. The average Bonchev–Trinajstić information content (AvgIpc) is 2.32. The summed E-state index contributed by atoms with van der Waals surface area (Å²) >= 11 is 0. The van der Waals surface area contributed by atoms with Crippen LogP contribution in [0.3, 0.4) is 0 Å². The number of aromatic nitrogens is 1. The van der Waals surface area contributed by atoms with Crippen LogP contribution in [0.1, 0.15) is 45.5 Å². The molecule has 0 radical (unpaired) electrons. The van der Waals surface area contributed by atoms with Crippen molar-refractivity contribution in [2.24, 2.45) is 5.41 Å². The number of rotatable bonds is 6. The lowest BCUT2D eigenvalue weighted by atomic mass is 9.84. The Balaban J connectivity index is 2.88. The number of hydrogen-bond donors (Lipinski definition) is 1. The van der Waals surface area contributed by atoms with E-state index in [2.05, 4.69) is 38.0 Å². The number of nitro groups is 1. The highest BCUT2D eigenvalue weighted by Gasteiger charge is 2.25. The summed E-state index contributed by atoms with van der Waals surface area (Å²) in [5.74, 6) is 0. The van der Waals surface area contributed by atoms with Gasteiger partial charge in [0.1, 0.15) is 5.69 Å². The summed E-state index contributed by atoms with van der Waals surface area (Å²) in [7, 11) is 0. The van der Waals surface area contributed by atoms with Crippen molar-refractivity contribution in [3.05, 3.63) is 33.6 Å². The quantitative estimate of drug-likeness (QED) is 0.641. The maximum atomic E-state index is 10.8. The lowest BCUT2D eigenvalue weighted by Gasteiger charge is -2.31. The summed E-state index contributed by atoms with van der Waals surface area (Å²) in [6.45, 7) is 11.4. The number of aryl methyl sites for hydroxylation is 1. The number of nitrogens with one attached hydrogen (secondary N) is 1. The van der Waals surface area contributed by atoms with Gasteiger partial charge in [0, 0.05) is 24.2 Å². The summed E-state index contributed by atoms with van der Waals surface area (Å²) in [6.07, 6.45) is 1.86. The third kappa shape index (κ3) is 4.56. The first-order chi connectivity index (χ1) is 9.25. The maximum Gasteiger partial charge on any atom is 0.290 e. The van der Waals surface area contributed by atoms with Crippen molar-refractivity contribution < 1.29 is 4.92 Å². The molecule has 20 heavy (non-hydrogen) atoms. The zero-order chi connectivity index (χ0) is 15.3. The molecule has 5 nitrogen and oxygen atoms in total. The lowest BCUT2D eigenvalue weighted by molar-refractivity contribution is -0.385. The molecule has 1 aromatic heterocycles. The van der Waals surface area contributed by atoms with Gasteiger partial charge >= 0.3 is 0 Å². The molecule has 1 unspecified atom stereocenters. The highest BCUT2D eigenvalue weighted by atomic mass is 16.6. The van der Waals surface area contributed by atoms with E-state index in [1.165, 1.54) is 0 Å². The van der Waals surface area contributed by atoms with Crippen LogP contribution >= 0.6 is 0 Å². The van der Waals surface area contributed by atoms with Gasteiger partial charge in [-0.05, 0) is 31.4 Å². The monoisotopic (exact) mass is 279 g/mol. The fourth-order valence-corrected chi connectivity index (χ4v) is 2.12. The highest BCUT2D eigenvalue weighted by Crippen LogP contribution is 2.23. The van der Waals surface area contributed by atoms with Crippen LogP contribution in [0.2, 0.25) is 0 Å². The van der Waals surface area contributed by atoms with Crippen molar-refractivity contribution >= 4 is 5.69 Å². The first-order valence-corrected chi connectivity index (χ1v) is 7.10. The van der Waals surface area contributed by atoms with Crippen LogP contribution in [0.4, 0.5) is 5.69 Å². The molecule has 0 aromatic carbocycles. The molecule has 0 aliphatic carbocycles. The first-order valence-electron chi connectivity index (χ1n) is 7.10. The Bertz CT molecular complexity index is 467. The Morgan fingerprint density at radius 2 is 2.05 bits per heavy atom. The molecular formula is C15H25N3O2. The number of pyridine rings is 1. The van der Waals surface area contributed by atoms with Gasteiger partial charge < -0.3 is 5.32 Å². The van der Waals surface area contributed by atoms with E-state index in [9.17, 15) is 10.1 Å². The van der Waals surface area contributed by atoms with Crippen molar-refractivity contribution in [3.8, 4) is 0 Å². The van der Waals surface area contributed by atoms with Gasteiger partial charge in [-0.3, -0.25) is 15.1 Å². The minimum absolute atomic E-state index is 0.0857. The summed E-state index contributed by atoms with van der Waals surface area (Å²) in [6, 6.07) is 3.62. The summed E-state index contributed by atoms with van der Waals surface area (Å²) in [5, 5.41) is 14.3. The van der Waals surface area contributed by atoms with Crippen LogP contribution in [-0.2, 0) is 6.42 Å². The Kier molecular flexibility index (Phi) is 5.62. The van der Waals surface area contributed by atoms with E-state index in [0.717, 1.165) is 25.1 Å². The molecule has 0 aliphatic heterocycles. The van der Waals surface area contributed by atoms with Gasteiger partial charge in [-0.25, -0.2) is 0 Å². The van der Waals surface area contributed by atoms with Gasteiger partial charge in [-0.15, -0.1) is 0 Å².